The van der Waals surface area contributed by atoms with E-state index in [1.54, 1.807) is 6.20 Å². The highest BCUT2D eigenvalue weighted by atomic mass is 32.2. The molecule has 2 heterocycles. The summed E-state index contributed by atoms with van der Waals surface area (Å²) in [6.07, 6.45) is 2.97. The van der Waals surface area contributed by atoms with Crippen LogP contribution >= 0.6 is 11.8 Å². The molecule has 92 valence electrons. The second kappa shape index (κ2) is 5.49. The van der Waals surface area contributed by atoms with Crippen molar-refractivity contribution in [1.29, 1.82) is 0 Å². The molecule has 1 aliphatic rings. The number of aromatic nitrogens is 2. The third kappa shape index (κ3) is 3.70. The van der Waals surface area contributed by atoms with E-state index in [9.17, 15) is 0 Å². The number of nitrogens with zero attached hydrogens (tertiary/aromatic N) is 3. The summed E-state index contributed by atoms with van der Waals surface area (Å²) in [6.45, 7) is 6.96. The van der Waals surface area contributed by atoms with Crippen molar-refractivity contribution in [2.75, 3.05) is 0 Å². The minimum atomic E-state index is 0.511. The fourth-order valence-corrected chi connectivity index (χ4v) is 3.04. The van der Waals surface area contributed by atoms with Gasteiger partial charge in [0.2, 0.25) is 0 Å². The van der Waals surface area contributed by atoms with E-state index in [1.165, 1.54) is 6.42 Å². The summed E-state index contributed by atoms with van der Waals surface area (Å²) in [5, 5.41) is 5.07. The second-order valence-corrected chi connectivity index (χ2v) is 5.85. The zero-order valence-electron chi connectivity index (χ0n) is 10.5. The minimum absolute atomic E-state index is 0.511. The molecule has 2 atom stereocenters. The highest BCUT2D eigenvalue weighted by Crippen LogP contribution is 2.22. The van der Waals surface area contributed by atoms with E-state index >= 15 is 0 Å². The van der Waals surface area contributed by atoms with Gasteiger partial charge in [-0.15, -0.1) is 0 Å². The molecule has 1 saturated heterocycles. The number of amidine groups is 1. The fraction of sp³-hybridized carbons (Fsp3) is 0.583. The summed E-state index contributed by atoms with van der Waals surface area (Å²) in [7, 11) is 0. The molecule has 4 nitrogen and oxygen atoms in total. The Labute approximate surface area is 106 Å². The van der Waals surface area contributed by atoms with Gasteiger partial charge in [0.1, 0.15) is 5.82 Å². The summed E-state index contributed by atoms with van der Waals surface area (Å²) in [5.41, 5.74) is 0.971. The summed E-state index contributed by atoms with van der Waals surface area (Å²) < 4.78 is 0. The van der Waals surface area contributed by atoms with E-state index in [4.69, 9.17) is 0 Å². The highest BCUT2D eigenvalue weighted by molar-refractivity contribution is 8.14. The van der Waals surface area contributed by atoms with Crippen LogP contribution in [0.1, 0.15) is 31.8 Å². The Morgan fingerprint density at radius 3 is 3.06 bits per heavy atom. The van der Waals surface area contributed by atoms with Gasteiger partial charge in [-0.05, 0) is 26.3 Å². The van der Waals surface area contributed by atoms with Crippen LogP contribution in [-0.2, 0) is 6.54 Å². The summed E-state index contributed by atoms with van der Waals surface area (Å²) in [5.74, 6) is 0.800. The van der Waals surface area contributed by atoms with Crippen molar-refractivity contribution in [2.24, 2.45) is 4.99 Å². The van der Waals surface area contributed by atoms with Gasteiger partial charge in [-0.25, -0.2) is 9.97 Å². The lowest BCUT2D eigenvalue weighted by atomic mass is 10.2. The first-order valence-corrected chi connectivity index (χ1v) is 6.77. The van der Waals surface area contributed by atoms with Crippen molar-refractivity contribution in [3.8, 4) is 0 Å². The number of aliphatic imine (C=N–C) groups is 1. The summed E-state index contributed by atoms with van der Waals surface area (Å²) in [4.78, 5) is 13.0. The van der Waals surface area contributed by atoms with Crippen LogP contribution in [0.5, 0.6) is 0 Å². The normalized spacial score (nSPS) is 26.9. The summed E-state index contributed by atoms with van der Waals surface area (Å²) >= 11 is 1.81. The Hall–Kier alpha value is -1.10. The standard InChI is InChI=1S/C12H18N4S/c1-8-6-9(2)17-12(15-8)14-7-11-4-5-13-10(3)16-11/h4-5,8-9H,6-7H2,1-3H3,(H,14,15). The molecule has 0 aliphatic carbocycles. The predicted octanol–water partition coefficient (Wildman–Crippen LogP) is 2.14. The number of nitrogens with one attached hydrogen (secondary N) is 1. The average molecular weight is 250 g/mol. The molecule has 1 aromatic heterocycles. The molecule has 17 heavy (non-hydrogen) atoms. The van der Waals surface area contributed by atoms with Gasteiger partial charge >= 0.3 is 0 Å². The molecule has 0 spiro atoms. The van der Waals surface area contributed by atoms with Crippen LogP contribution in [0, 0.1) is 6.92 Å². The molecule has 5 heteroatoms. The molecule has 0 amide bonds. The zero-order valence-corrected chi connectivity index (χ0v) is 11.3. The first-order chi connectivity index (χ1) is 8.13. The van der Waals surface area contributed by atoms with Crippen LogP contribution in [0.2, 0.25) is 0 Å². The van der Waals surface area contributed by atoms with Crippen LogP contribution in [0.25, 0.3) is 0 Å². The molecule has 0 saturated carbocycles. The smallest absolute Gasteiger partial charge is 0.157 e. The van der Waals surface area contributed by atoms with Crippen LogP contribution in [0.15, 0.2) is 17.3 Å². The van der Waals surface area contributed by atoms with Crippen LogP contribution < -0.4 is 5.32 Å². The van der Waals surface area contributed by atoms with Crippen LogP contribution in [-0.4, -0.2) is 26.4 Å². The van der Waals surface area contributed by atoms with E-state index in [0.29, 0.717) is 17.8 Å². The van der Waals surface area contributed by atoms with Gasteiger partial charge in [0.15, 0.2) is 5.17 Å². The van der Waals surface area contributed by atoms with E-state index in [1.807, 2.05) is 24.8 Å². The van der Waals surface area contributed by atoms with Gasteiger partial charge in [0.25, 0.3) is 0 Å². The van der Waals surface area contributed by atoms with Gasteiger partial charge in [-0.2, -0.15) is 0 Å². The Balaban J connectivity index is 2.00. The lowest BCUT2D eigenvalue weighted by Gasteiger charge is -2.26. The molecule has 0 aromatic carbocycles. The molecule has 1 fully saturated rings. The SMILES string of the molecule is Cc1nccc(CN=C2NC(C)CC(C)S2)n1. The molecule has 2 rings (SSSR count). The van der Waals surface area contributed by atoms with Crippen molar-refractivity contribution in [3.05, 3.63) is 23.8 Å². The Bertz CT molecular complexity index is 407. The minimum Gasteiger partial charge on any atom is -0.362 e. The van der Waals surface area contributed by atoms with Crippen molar-refractivity contribution < 1.29 is 0 Å². The molecule has 1 aromatic rings. The quantitative estimate of drug-likeness (QED) is 0.873. The zero-order chi connectivity index (χ0) is 12.3. The van der Waals surface area contributed by atoms with Crippen molar-refractivity contribution in [3.63, 3.8) is 0 Å². The van der Waals surface area contributed by atoms with Gasteiger partial charge in [0.05, 0.1) is 12.2 Å². The fourth-order valence-electron chi connectivity index (χ4n) is 1.87. The number of thioether (sulfide) groups is 1. The molecular formula is C12H18N4S. The van der Waals surface area contributed by atoms with Crippen molar-refractivity contribution >= 4 is 16.9 Å². The number of aryl methyl sites for hydroxylation is 1. The maximum Gasteiger partial charge on any atom is 0.157 e. The average Bonchev–Trinajstić information content (AvgIpc) is 2.25. The number of hydrogen-bond acceptors (Lipinski definition) is 4. The first-order valence-electron chi connectivity index (χ1n) is 5.89. The molecule has 1 aliphatic heterocycles. The Morgan fingerprint density at radius 2 is 2.35 bits per heavy atom. The third-order valence-electron chi connectivity index (χ3n) is 2.59. The first kappa shape index (κ1) is 12.4. The van der Waals surface area contributed by atoms with Gasteiger partial charge in [0, 0.05) is 17.5 Å². The van der Waals surface area contributed by atoms with E-state index in [-0.39, 0.29) is 0 Å². The topological polar surface area (TPSA) is 50.2 Å². The van der Waals surface area contributed by atoms with Gasteiger partial charge in [-0.1, -0.05) is 18.7 Å². The van der Waals surface area contributed by atoms with E-state index < -0.39 is 0 Å². The maximum atomic E-state index is 4.57. The van der Waals surface area contributed by atoms with E-state index in [2.05, 4.69) is 34.1 Å². The molecule has 0 bridgehead atoms. The van der Waals surface area contributed by atoms with Crippen molar-refractivity contribution in [2.45, 2.75) is 45.0 Å². The molecule has 0 radical (unpaired) electrons. The monoisotopic (exact) mass is 250 g/mol. The van der Waals surface area contributed by atoms with Crippen LogP contribution in [0.3, 0.4) is 0 Å². The second-order valence-electron chi connectivity index (χ2n) is 4.43. The maximum absolute atomic E-state index is 4.57. The molecule has 1 N–H and O–H groups in total. The number of hydrogen-bond donors (Lipinski definition) is 1. The van der Waals surface area contributed by atoms with Gasteiger partial charge < -0.3 is 5.32 Å². The Morgan fingerprint density at radius 1 is 1.53 bits per heavy atom. The largest absolute Gasteiger partial charge is 0.362 e. The Kier molecular flexibility index (Phi) is 3.99. The lowest BCUT2D eigenvalue weighted by Crippen LogP contribution is -2.38. The molecule has 2 unspecified atom stereocenters. The van der Waals surface area contributed by atoms with Crippen LogP contribution in [0.4, 0.5) is 0 Å². The summed E-state index contributed by atoms with van der Waals surface area (Å²) in [6, 6.07) is 2.43. The highest BCUT2D eigenvalue weighted by Gasteiger charge is 2.19. The number of rotatable bonds is 2. The van der Waals surface area contributed by atoms with Gasteiger partial charge in [-0.3, -0.25) is 4.99 Å². The lowest BCUT2D eigenvalue weighted by molar-refractivity contribution is 0.597. The molecular weight excluding hydrogens is 232 g/mol. The third-order valence-corrected chi connectivity index (χ3v) is 3.65. The van der Waals surface area contributed by atoms with E-state index in [0.717, 1.165) is 16.7 Å². The predicted molar refractivity (Wildman–Crippen MR) is 72.2 cm³/mol. The van der Waals surface area contributed by atoms with Crippen molar-refractivity contribution in [1.82, 2.24) is 15.3 Å².